The first-order valence-corrected chi connectivity index (χ1v) is 6.33. The topological polar surface area (TPSA) is 43.8 Å². The number of carboxylic acids is 1. The van der Waals surface area contributed by atoms with E-state index < -0.39 is 5.97 Å². The van der Waals surface area contributed by atoms with Crippen LogP contribution in [0, 0.1) is 0 Å². The summed E-state index contributed by atoms with van der Waals surface area (Å²) in [6.07, 6.45) is 0. The number of carbonyl (C=O) groups is 1. The number of aromatic carboxylic acids is 1. The van der Waals surface area contributed by atoms with Crippen molar-refractivity contribution >= 4 is 27.6 Å². The summed E-state index contributed by atoms with van der Waals surface area (Å²) >= 11 is 3.31. The number of likely N-dealkylation sites (N-methyl/N-ethyl adjacent to an activating group) is 1. The standard InChI is InChI=1S/C12H15BrN2O2/c1-14-4-6-15(7-5-14)9-2-3-10(12(16)17)11(13)8-9/h2-3,8H,4-7H2,1H3,(H,16,17). The Labute approximate surface area is 109 Å². The van der Waals surface area contributed by atoms with Gasteiger partial charge in [0.1, 0.15) is 0 Å². The van der Waals surface area contributed by atoms with Crippen LogP contribution in [0.25, 0.3) is 0 Å². The third kappa shape index (κ3) is 2.79. The number of rotatable bonds is 2. The van der Waals surface area contributed by atoms with Crippen LogP contribution in [0.1, 0.15) is 10.4 Å². The average Bonchev–Trinajstić information content (AvgIpc) is 2.29. The molecule has 1 fully saturated rings. The summed E-state index contributed by atoms with van der Waals surface area (Å²) in [7, 11) is 2.11. The summed E-state index contributed by atoms with van der Waals surface area (Å²) in [5.74, 6) is -0.901. The summed E-state index contributed by atoms with van der Waals surface area (Å²) in [5.41, 5.74) is 1.39. The van der Waals surface area contributed by atoms with E-state index in [1.807, 2.05) is 12.1 Å². The Bertz CT molecular complexity index is 429. The zero-order valence-electron chi connectivity index (χ0n) is 9.69. The normalized spacial score (nSPS) is 17.2. The van der Waals surface area contributed by atoms with Crippen molar-refractivity contribution in [1.82, 2.24) is 4.90 Å². The number of anilines is 1. The maximum Gasteiger partial charge on any atom is 0.336 e. The van der Waals surface area contributed by atoms with Gasteiger partial charge in [0.15, 0.2) is 0 Å². The Hall–Kier alpha value is -1.07. The monoisotopic (exact) mass is 298 g/mol. The number of halogens is 1. The van der Waals surface area contributed by atoms with Crippen LogP contribution in [0.4, 0.5) is 5.69 Å². The number of hydrogen-bond acceptors (Lipinski definition) is 3. The molecule has 1 heterocycles. The molecule has 1 aliphatic rings. The van der Waals surface area contributed by atoms with Gasteiger partial charge in [0.05, 0.1) is 5.56 Å². The van der Waals surface area contributed by atoms with E-state index in [1.54, 1.807) is 6.07 Å². The van der Waals surface area contributed by atoms with Gasteiger partial charge in [-0.05, 0) is 41.2 Å². The molecular weight excluding hydrogens is 284 g/mol. The zero-order chi connectivity index (χ0) is 12.4. The Balaban J connectivity index is 2.17. The van der Waals surface area contributed by atoms with E-state index >= 15 is 0 Å². The molecule has 1 saturated heterocycles. The Kier molecular flexibility index (Phi) is 3.69. The minimum absolute atomic E-state index is 0.308. The fourth-order valence-electron chi connectivity index (χ4n) is 1.94. The van der Waals surface area contributed by atoms with Crippen molar-refractivity contribution in [3.8, 4) is 0 Å². The van der Waals surface area contributed by atoms with Gasteiger partial charge in [-0.25, -0.2) is 4.79 Å². The second-order valence-corrected chi connectivity index (χ2v) is 5.11. The van der Waals surface area contributed by atoms with Crippen molar-refractivity contribution in [2.45, 2.75) is 0 Å². The fraction of sp³-hybridized carbons (Fsp3) is 0.417. The molecule has 4 nitrogen and oxygen atoms in total. The van der Waals surface area contributed by atoms with E-state index in [4.69, 9.17) is 5.11 Å². The van der Waals surface area contributed by atoms with Gasteiger partial charge < -0.3 is 14.9 Å². The first kappa shape index (κ1) is 12.4. The second kappa shape index (κ2) is 5.06. The molecule has 1 aromatic rings. The van der Waals surface area contributed by atoms with Gasteiger partial charge in [-0.2, -0.15) is 0 Å². The molecule has 1 aliphatic heterocycles. The zero-order valence-corrected chi connectivity index (χ0v) is 11.3. The molecule has 0 atom stereocenters. The molecule has 0 aliphatic carbocycles. The molecule has 0 amide bonds. The maximum absolute atomic E-state index is 10.9. The average molecular weight is 299 g/mol. The molecule has 92 valence electrons. The number of carboxylic acid groups (broad SMARTS) is 1. The lowest BCUT2D eigenvalue weighted by atomic mass is 10.2. The van der Waals surface area contributed by atoms with Crippen LogP contribution < -0.4 is 4.90 Å². The maximum atomic E-state index is 10.9. The largest absolute Gasteiger partial charge is 0.478 e. The first-order valence-electron chi connectivity index (χ1n) is 5.54. The van der Waals surface area contributed by atoms with Gasteiger partial charge in [0, 0.05) is 36.3 Å². The molecule has 0 spiro atoms. The quantitative estimate of drug-likeness (QED) is 0.906. The van der Waals surface area contributed by atoms with E-state index in [1.165, 1.54) is 0 Å². The van der Waals surface area contributed by atoms with Crippen LogP contribution in [-0.2, 0) is 0 Å². The van der Waals surface area contributed by atoms with E-state index in [0.717, 1.165) is 31.9 Å². The summed E-state index contributed by atoms with van der Waals surface area (Å²) in [5, 5.41) is 8.95. The van der Waals surface area contributed by atoms with Crippen LogP contribution >= 0.6 is 15.9 Å². The van der Waals surface area contributed by atoms with Gasteiger partial charge in [-0.1, -0.05) is 0 Å². The highest BCUT2D eigenvalue weighted by Crippen LogP contribution is 2.24. The highest BCUT2D eigenvalue weighted by molar-refractivity contribution is 9.10. The highest BCUT2D eigenvalue weighted by Gasteiger charge is 2.16. The van der Waals surface area contributed by atoms with Crippen LogP contribution in [0.5, 0.6) is 0 Å². The molecule has 0 aromatic heterocycles. The summed E-state index contributed by atoms with van der Waals surface area (Å²) < 4.78 is 0.640. The molecule has 2 rings (SSSR count). The van der Waals surface area contributed by atoms with Crippen molar-refractivity contribution in [1.29, 1.82) is 0 Å². The van der Waals surface area contributed by atoms with Crippen LogP contribution in [0.2, 0.25) is 0 Å². The Morgan fingerprint density at radius 2 is 1.94 bits per heavy atom. The first-order chi connectivity index (χ1) is 8.08. The molecule has 1 aromatic carbocycles. The third-order valence-corrected chi connectivity index (χ3v) is 3.71. The summed E-state index contributed by atoms with van der Waals surface area (Å²) in [6.45, 7) is 4.04. The van der Waals surface area contributed by atoms with Crippen LogP contribution in [0.3, 0.4) is 0 Å². The third-order valence-electron chi connectivity index (χ3n) is 3.05. The molecule has 0 radical (unpaired) electrons. The molecule has 0 bridgehead atoms. The van der Waals surface area contributed by atoms with E-state index in [-0.39, 0.29) is 0 Å². The lowest BCUT2D eigenvalue weighted by molar-refractivity contribution is 0.0696. The molecule has 5 heteroatoms. The van der Waals surface area contributed by atoms with Crippen molar-refractivity contribution in [2.24, 2.45) is 0 Å². The van der Waals surface area contributed by atoms with Crippen molar-refractivity contribution in [3.63, 3.8) is 0 Å². The molecular formula is C12H15BrN2O2. The minimum atomic E-state index is -0.901. The predicted octanol–water partition coefficient (Wildman–Crippen LogP) is 1.90. The molecule has 0 saturated carbocycles. The summed E-state index contributed by atoms with van der Waals surface area (Å²) in [4.78, 5) is 15.5. The van der Waals surface area contributed by atoms with Crippen molar-refractivity contribution < 1.29 is 9.90 Å². The van der Waals surface area contributed by atoms with E-state index in [9.17, 15) is 4.79 Å². The lowest BCUT2D eigenvalue weighted by Crippen LogP contribution is -2.44. The van der Waals surface area contributed by atoms with Crippen molar-refractivity contribution in [3.05, 3.63) is 28.2 Å². The van der Waals surface area contributed by atoms with Crippen LogP contribution in [-0.4, -0.2) is 49.2 Å². The van der Waals surface area contributed by atoms with Crippen molar-refractivity contribution in [2.75, 3.05) is 38.1 Å². The Morgan fingerprint density at radius 3 is 2.47 bits per heavy atom. The number of nitrogens with zero attached hydrogens (tertiary/aromatic N) is 2. The SMILES string of the molecule is CN1CCN(c2ccc(C(=O)O)c(Br)c2)CC1. The second-order valence-electron chi connectivity index (χ2n) is 4.26. The highest BCUT2D eigenvalue weighted by atomic mass is 79.9. The minimum Gasteiger partial charge on any atom is -0.478 e. The van der Waals surface area contributed by atoms with Gasteiger partial charge >= 0.3 is 5.97 Å². The van der Waals surface area contributed by atoms with Gasteiger partial charge in [0.2, 0.25) is 0 Å². The van der Waals surface area contributed by atoms with E-state index in [0.29, 0.717) is 10.0 Å². The summed E-state index contributed by atoms with van der Waals surface area (Å²) in [6, 6.07) is 5.41. The number of piperazine rings is 1. The smallest absolute Gasteiger partial charge is 0.336 e. The Morgan fingerprint density at radius 1 is 1.29 bits per heavy atom. The van der Waals surface area contributed by atoms with Gasteiger partial charge in [-0.3, -0.25) is 0 Å². The van der Waals surface area contributed by atoms with Gasteiger partial charge in [0.25, 0.3) is 0 Å². The van der Waals surface area contributed by atoms with Gasteiger partial charge in [-0.15, -0.1) is 0 Å². The van der Waals surface area contributed by atoms with Crippen LogP contribution in [0.15, 0.2) is 22.7 Å². The number of benzene rings is 1. The number of hydrogen-bond donors (Lipinski definition) is 1. The molecule has 0 unspecified atom stereocenters. The predicted molar refractivity (Wildman–Crippen MR) is 70.8 cm³/mol. The fourth-order valence-corrected chi connectivity index (χ4v) is 2.48. The van der Waals surface area contributed by atoms with E-state index in [2.05, 4.69) is 32.8 Å². The lowest BCUT2D eigenvalue weighted by Gasteiger charge is -2.34. The molecule has 1 N–H and O–H groups in total. The molecule has 17 heavy (non-hydrogen) atoms.